The second kappa shape index (κ2) is 6.89. The lowest BCUT2D eigenvalue weighted by Crippen LogP contribution is -2.48. The van der Waals surface area contributed by atoms with Crippen molar-refractivity contribution in [2.45, 2.75) is 6.54 Å². The Morgan fingerprint density at radius 3 is 2.43 bits per heavy atom. The van der Waals surface area contributed by atoms with Crippen LogP contribution >= 0.6 is 33.9 Å². The Hall–Kier alpha value is -0.920. The molecular weight excluding hydrogens is 395 g/mol. The van der Waals surface area contributed by atoms with Crippen LogP contribution in [0, 0.1) is 3.57 Å². The Bertz CT molecular complexity index is 589. The van der Waals surface area contributed by atoms with Crippen LogP contribution in [0.2, 0.25) is 0 Å². The van der Waals surface area contributed by atoms with E-state index < -0.39 is 0 Å². The highest BCUT2D eigenvalue weighted by atomic mass is 127. The van der Waals surface area contributed by atoms with Crippen molar-refractivity contribution in [1.82, 2.24) is 9.80 Å². The van der Waals surface area contributed by atoms with E-state index in [0.29, 0.717) is 0 Å². The van der Waals surface area contributed by atoms with E-state index in [9.17, 15) is 4.79 Å². The third-order valence-corrected chi connectivity index (χ3v) is 5.19. The second-order valence-electron chi connectivity index (χ2n) is 5.21. The number of carbonyl (C=O) groups is 1. The van der Waals surface area contributed by atoms with Crippen LogP contribution in [0.15, 0.2) is 41.1 Å². The number of hydrogen-bond acceptors (Lipinski definition) is 3. The van der Waals surface area contributed by atoms with Gasteiger partial charge in [-0.3, -0.25) is 9.69 Å². The van der Waals surface area contributed by atoms with Crippen LogP contribution in [0.4, 0.5) is 0 Å². The Morgan fingerprint density at radius 2 is 1.81 bits per heavy atom. The molecule has 2 heterocycles. The molecule has 1 aromatic carbocycles. The maximum absolute atomic E-state index is 12.4. The smallest absolute Gasteiger partial charge is 0.253 e. The molecule has 21 heavy (non-hydrogen) atoms. The number of thiophene rings is 1. The molecule has 1 aromatic heterocycles. The Labute approximate surface area is 142 Å². The van der Waals surface area contributed by atoms with Crippen molar-refractivity contribution in [2.75, 3.05) is 26.2 Å². The van der Waals surface area contributed by atoms with E-state index >= 15 is 0 Å². The third-order valence-electron chi connectivity index (χ3n) is 3.74. The summed E-state index contributed by atoms with van der Waals surface area (Å²) in [6, 6.07) is 9.98. The molecule has 1 aliphatic rings. The summed E-state index contributed by atoms with van der Waals surface area (Å²) in [5.41, 5.74) is 2.17. The number of carbonyl (C=O) groups excluding carboxylic acids is 1. The molecule has 3 nitrogen and oxygen atoms in total. The minimum atomic E-state index is 0.154. The SMILES string of the molecule is O=C(c1ccc(I)cc1)N1CCN(Cc2ccsc2)CC1. The maximum Gasteiger partial charge on any atom is 0.253 e. The molecule has 0 bridgehead atoms. The molecule has 0 saturated carbocycles. The number of piperazine rings is 1. The molecule has 110 valence electrons. The highest BCUT2D eigenvalue weighted by Gasteiger charge is 2.22. The average Bonchev–Trinajstić information content (AvgIpc) is 3.01. The van der Waals surface area contributed by atoms with Gasteiger partial charge in [0.15, 0.2) is 0 Å². The highest BCUT2D eigenvalue weighted by molar-refractivity contribution is 14.1. The summed E-state index contributed by atoms with van der Waals surface area (Å²) >= 11 is 4.00. The van der Waals surface area contributed by atoms with Crippen LogP contribution in [0.25, 0.3) is 0 Å². The molecule has 0 N–H and O–H groups in total. The van der Waals surface area contributed by atoms with Gasteiger partial charge in [0.25, 0.3) is 5.91 Å². The molecule has 0 aliphatic carbocycles. The van der Waals surface area contributed by atoms with Crippen LogP contribution in [0.1, 0.15) is 15.9 Å². The Morgan fingerprint density at radius 1 is 1.10 bits per heavy atom. The first kappa shape index (κ1) is 15.0. The highest BCUT2D eigenvalue weighted by Crippen LogP contribution is 2.14. The van der Waals surface area contributed by atoms with E-state index in [1.807, 2.05) is 29.2 Å². The molecule has 5 heteroatoms. The van der Waals surface area contributed by atoms with Gasteiger partial charge in [-0.1, -0.05) is 0 Å². The van der Waals surface area contributed by atoms with Gasteiger partial charge in [0.2, 0.25) is 0 Å². The second-order valence-corrected chi connectivity index (χ2v) is 7.23. The quantitative estimate of drug-likeness (QED) is 0.723. The Kier molecular flexibility index (Phi) is 4.92. The fourth-order valence-electron chi connectivity index (χ4n) is 2.52. The summed E-state index contributed by atoms with van der Waals surface area (Å²) in [5.74, 6) is 0.154. The van der Waals surface area contributed by atoms with Crippen LogP contribution in [0.5, 0.6) is 0 Å². The lowest BCUT2D eigenvalue weighted by atomic mass is 10.2. The molecular formula is C16H17IN2OS. The Balaban J connectivity index is 1.55. The molecule has 0 radical (unpaired) electrons. The largest absolute Gasteiger partial charge is 0.336 e. The van der Waals surface area contributed by atoms with Crippen LogP contribution in [-0.2, 0) is 6.54 Å². The van der Waals surface area contributed by atoms with Gasteiger partial charge in [-0.2, -0.15) is 11.3 Å². The minimum absolute atomic E-state index is 0.154. The van der Waals surface area contributed by atoms with E-state index in [-0.39, 0.29) is 5.91 Å². The summed E-state index contributed by atoms with van der Waals surface area (Å²) in [5, 5.41) is 4.31. The molecule has 0 spiro atoms. The van der Waals surface area contributed by atoms with Gasteiger partial charge < -0.3 is 4.90 Å². The molecule has 1 saturated heterocycles. The lowest BCUT2D eigenvalue weighted by molar-refractivity contribution is 0.0628. The predicted molar refractivity (Wildman–Crippen MR) is 94.7 cm³/mol. The van der Waals surface area contributed by atoms with Crippen molar-refractivity contribution < 1.29 is 4.79 Å². The zero-order chi connectivity index (χ0) is 14.7. The number of rotatable bonds is 3. The summed E-state index contributed by atoms with van der Waals surface area (Å²) in [7, 11) is 0. The number of nitrogens with zero attached hydrogens (tertiary/aromatic N) is 2. The van der Waals surface area contributed by atoms with Gasteiger partial charge in [0, 0.05) is 41.9 Å². The molecule has 1 aliphatic heterocycles. The summed E-state index contributed by atoms with van der Waals surface area (Å²) in [6.07, 6.45) is 0. The molecule has 0 atom stereocenters. The molecule has 3 rings (SSSR count). The van der Waals surface area contributed by atoms with Gasteiger partial charge in [-0.25, -0.2) is 0 Å². The first-order valence-electron chi connectivity index (χ1n) is 7.00. The molecule has 1 fully saturated rings. The van der Waals surface area contributed by atoms with Crippen LogP contribution < -0.4 is 0 Å². The minimum Gasteiger partial charge on any atom is -0.336 e. The van der Waals surface area contributed by atoms with E-state index in [2.05, 4.69) is 44.3 Å². The third kappa shape index (κ3) is 3.84. The summed E-state index contributed by atoms with van der Waals surface area (Å²) in [4.78, 5) is 16.8. The van der Waals surface area contributed by atoms with Crippen molar-refractivity contribution in [1.29, 1.82) is 0 Å². The van der Waals surface area contributed by atoms with Crippen LogP contribution in [0.3, 0.4) is 0 Å². The monoisotopic (exact) mass is 412 g/mol. The van der Waals surface area contributed by atoms with Gasteiger partial charge in [-0.05, 0) is 69.2 Å². The van der Waals surface area contributed by atoms with Gasteiger partial charge in [0.1, 0.15) is 0 Å². The fraction of sp³-hybridized carbons (Fsp3) is 0.312. The van der Waals surface area contributed by atoms with E-state index in [1.54, 1.807) is 11.3 Å². The van der Waals surface area contributed by atoms with Crippen molar-refractivity contribution in [3.8, 4) is 0 Å². The first-order chi connectivity index (χ1) is 10.2. The number of benzene rings is 1. The van der Waals surface area contributed by atoms with Gasteiger partial charge in [0.05, 0.1) is 0 Å². The van der Waals surface area contributed by atoms with Gasteiger partial charge in [-0.15, -0.1) is 0 Å². The van der Waals surface area contributed by atoms with Crippen molar-refractivity contribution in [3.63, 3.8) is 0 Å². The molecule has 1 amide bonds. The zero-order valence-corrected chi connectivity index (χ0v) is 14.6. The van der Waals surface area contributed by atoms with Crippen molar-refractivity contribution in [2.24, 2.45) is 0 Å². The number of amides is 1. The van der Waals surface area contributed by atoms with Gasteiger partial charge >= 0.3 is 0 Å². The molecule has 2 aromatic rings. The zero-order valence-electron chi connectivity index (χ0n) is 11.7. The standard InChI is InChI=1S/C16H17IN2OS/c17-15-3-1-14(2-4-15)16(20)19-8-6-18(7-9-19)11-13-5-10-21-12-13/h1-5,10,12H,6-9,11H2. The average molecular weight is 412 g/mol. The van der Waals surface area contributed by atoms with Crippen molar-refractivity contribution in [3.05, 3.63) is 55.8 Å². The number of halogens is 1. The van der Waals surface area contributed by atoms with E-state index in [4.69, 9.17) is 0 Å². The van der Waals surface area contributed by atoms with Crippen LogP contribution in [-0.4, -0.2) is 41.9 Å². The summed E-state index contributed by atoms with van der Waals surface area (Å²) < 4.78 is 1.16. The topological polar surface area (TPSA) is 23.6 Å². The van der Waals surface area contributed by atoms with Crippen molar-refractivity contribution >= 4 is 39.8 Å². The normalized spacial score (nSPS) is 16.1. The lowest BCUT2D eigenvalue weighted by Gasteiger charge is -2.34. The fourth-order valence-corrected chi connectivity index (χ4v) is 3.54. The first-order valence-corrected chi connectivity index (χ1v) is 9.03. The maximum atomic E-state index is 12.4. The summed E-state index contributed by atoms with van der Waals surface area (Å²) in [6.45, 7) is 4.52. The van der Waals surface area contributed by atoms with E-state index in [0.717, 1.165) is 41.9 Å². The predicted octanol–water partition coefficient (Wildman–Crippen LogP) is 3.31. The number of hydrogen-bond donors (Lipinski definition) is 0. The molecule has 0 unspecified atom stereocenters. The van der Waals surface area contributed by atoms with E-state index in [1.165, 1.54) is 5.56 Å².